The van der Waals surface area contributed by atoms with E-state index in [4.69, 9.17) is 23.7 Å². The lowest BCUT2D eigenvalue weighted by molar-refractivity contribution is -0.143. The summed E-state index contributed by atoms with van der Waals surface area (Å²) in [6.45, 7) is 1.85. The maximum absolute atomic E-state index is 13.1. The number of thiazole rings is 1. The van der Waals surface area contributed by atoms with Crippen LogP contribution in [-0.2, 0) is 16.1 Å². The molecule has 1 amide bonds. The highest BCUT2D eigenvalue weighted by molar-refractivity contribution is 7.16. The third kappa shape index (κ3) is 4.54. The zero-order chi connectivity index (χ0) is 23.3. The molecule has 0 saturated heterocycles. The van der Waals surface area contributed by atoms with E-state index in [0.29, 0.717) is 27.6 Å². The van der Waals surface area contributed by atoms with Gasteiger partial charge in [0, 0.05) is 12.1 Å². The van der Waals surface area contributed by atoms with Crippen LogP contribution in [-0.4, -0.2) is 51.5 Å². The number of nitrogens with zero attached hydrogens (tertiary/aromatic N) is 2. The van der Waals surface area contributed by atoms with Gasteiger partial charge in [-0.1, -0.05) is 17.4 Å². The Morgan fingerprint density at radius 3 is 2.28 bits per heavy atom. The van der Waals surface area contributed by atoms with Gasteiger partial charge in [0.05, 0.1) is 50.8 Å². The quantitative estimate of drug-likeness (QED) is 0.477. The second kappa shape index (κ2) is 10.2. The number of ether oxygens (including phenoxy) is 5. The number of benzene rings is 2. The standard InChI is InChI=1S/C22H24N2O7S/c1-6-31-19(25)12-24-14-10-16(28-3)17(29-4)11-18(14)32-22(24)23-21(26)13-8-7-9-15(27-2)20(13)30-5/h7-11H,6,12H2,1-5H3. The Balaban J connectivity index is 2.21. The summed E-state index contributed by atoms with van der Waals surface area (Å²) >= 11 is 1.24. The largest absolute Gasteiger partial charge is 0.493 e. The van der Waals surface area contributed by atoms with Gasteiger partial charge in [-0.05, 0) is 19.1 Å². The SMILES string of the molecule is CCOC(=O)Cn1c(=NC(=O)c2cccc(OC)c2OC)sc2cc(OC)c(OC)cc21. The number of hydrogen-bond acceptors (Lipinski definition) is 8. The van der Waals surface area contributed by atoms with E-state index in [1.165, 1.54) is 39.8 Å². The first kappa shape index (κ1) is 23.1. The van der Waals surface area contributed by atoms with Crippen LogP contribution in [0, 0.1) is 0 Å². The molecular weight excluding hydrogens is 436 g/mol. The second-order valence-corrected chi connectivity index (χ2v) is 7.42. The van der Waals surface area contributed by atoms with Crippen LogP contribution in [0.15, 0.2) is 35.3 Å². The molecule has 0 saturated carbocycles. The lowest BCUT2D eigenvalue weighted by Gasteiger charge is -2.10. The Morgan fingerprint density at radius 2 is 1.66 bits per heavy atom. The van der Waals surface area contributed by atoms with Crippen molar-refractivity contribution in [3.63, 3.8) is 0 Å². The molecule has 0 aliphatic rings. The van der Waals surface area contributed by atoms with E-state index in [1.807, 2.05) is 0 Å². The maximum Gasteiger partial charge on any atom is 0.326 e. The van der Waals surface area contributed by atoms with Gasteiger partial charge in [-0.25, -0.2) is 0 Å². The molecule has 1 aromatic heterocycles. The monoisotopic (exact) mass is 460 g/mol. The van der Waals surface area contributed by atoms with Gasteiger partial charge in [-0.3, -0.25) is 9.59 Å². The molecule has 0 fully saturated rings. The van der Waals surface area contributed by atoms with Gasteiger partial charge >= 0.3 is 5.97 Å². The minimum Gasteiger partial charge on any atom is -0.493 e. The molecule has 9 nitrogen and oxygen atoms in total. The zero-order valence-electron chi connectivity index (χ0n) is 18.5. The molecule has 3 aromatic rings. The molecule has 0 spiro atoms. The van der Waals surface area contributed by atoms with Gasteiger partial charge < -0.3 is 28.3 Å². The van der Waals surface area contributed by atoms with Crippen LogP contribution in [0.25, 0.3) is 10.2 Å². The highest BCUT2D eigenvalue weighted by atomic mass is 32.1. The van der Waals surface area contributed by atoms with Crippen LogP contribution in [0.2, 0.25) is 0 Å². The molecule has 0 unspecified atom stereocenters. The van der Waals surface area contributed by atoms with Gasteiger partial charge in [0.25, 0.3) is 5.91 Å². The smallest absolute Gasteiger partial charge is 0.326 e. The fourth-order valence-electron chi connectivity index (χ4n) is 3.17. The first-order chi connectivity index (χ1) is 15.5. The summed E-state index contributed by atoms with van der Waals surface area (Å²) < 4.78 is 28.9. The van der Waals surface area contributed by atoms with Crippen LogP contribution >= 0.6 is 11.3 Å². The molecular formula is C22H24N2O7S. The molecule has 2 aromatic carbocycles. The molecule has 0 aliphatic carbocycles. The highest BCUT2D eigenvalue weighted by Gasteiger charge is 2.19. The number of rotatable bonds is 8. The average Bonchev–Trinajstić information content (AvgIpc) is 3.12. The third-order valence-corrected chi connectivity index (χ3v) is 5.65. The third-order valence-electron chi connectivity index (χ3n) is 4.61. The fraction of sp³-hybridized carbons (Fsp3) is 0.318. The van der Waals surface area contributed by atoms with Crippen molar-refractivity contribution >= 4 is 33.4 Å². The van der Waals surface area contributed by atoms with Crippen molar-refractivity contribution in [2.24, 2.45) is 4.99 Å². The van der Waals surface area contributed by atoms with E-state index in [-0.39, 0.29) is 24.5 Å². The van der Waals surface area contributed by atoms with E-state index in [9.17, 15) is 9.59 Å². The van der Waals surface area contributed by atoms with Crippen LogP contribution in [0.1, 0.15) is 17.3 Å². The van der Waals surface area contributed by atoms with E-state index < -0.39 is 11.9 Å². The van der Waals surface area contributed by atoms with Crippen molar-refractivity contribution in [3.05, 3.63) is 40.7 Å². The van der Waals surface area contributed by atoms with E-state index in [0.717, 1.165) is 4.70 Å². The van der Waals surface area contributed by atoms with E-state index in [2.05, 4.69) is 4.99 Å². The van der Waals surface area contributed by atoms with Gasteiger partial charge in [-0.2, -0.15) is 4.99 Å². The zero-order valence-corrected chi connectivity index (χ0v) is 19.3. The van der Waals surface area contributed by atoms with Crippen molar-refractivity contribution in [2.75, 3.05) is 35.0 Å². The fourth-order valence-corrected chi connectivity index (χ4v) is 4.21. The summed E-state index contributed by atoms with van der Waals surface area (Å²) in [6, 6.07) is 8.48. The van der Waals surface area contributed by atoms with Crippen molar-refractivity contribution in [2.45, 2.75) is 13.5 Å². The summed E-state index contributed by atoms with van der Waals surface area (Å²) in [6.07, 6.45) is 0. The number of amides is 1. The Hall–Kier alpha value is -3.53. The summed E-state index contributed by atoms with van der Waals surface area (Å²) in [5.74, 6) is 0.724. The van der Waals surface area contributed by atoms with Gasteiger partial charge in [0.1, 0.15) is 6.54 Å². The molecule has 32 heavy (non-hydrogen) atoms. The van der Waals surface area contributed by atoms with Crippen molar-refractivity contribution in [1.82, 2.24) is 4.57 Å². The van der Waals surface area contributed by atoms with E-state index >= 15 is 0 Å². The summed E-state index contributed by atoms with van der Waals surface area (Å²) in [4.78, 5) is 30.0. The lowest BCUT2D eigenvalue weighted by Crippen LogP contribution is -2.23. The molecule has 0 N–H and O–H groups in total. The number of para-hydroxylation sites is 1. The van der Waals surface area contributed by atoms with Crippen molar-refractivity contribution in [3.8, 4) is 23.0 Å². The number of methoxy groups -OCH3 is 4. The molecule has 3 rings (SSSR count). The molecule has 10 heteroatoms. The Bertz CT molecular complexity index is 1210. The minimum absolute atomic E-state index is 0.120. The average molecular weight is 461 g/mol. The molecule has 0 radical (unpaired) electrons. The van der Waals surface area contributed by atoms with Crippen LogP contribution in [0.5, 0.6) is 23.0 Å². The summed E-state index contributed by atoms with van der Waals surface area (Å²) in [5.41, 5.74) is 0.895. The molecule has 1 heterocycles. The predicted octanol–water partition coefficient (Wildman–Crippen LogP) is 3.04. The summed E-state index contributed by atoms with van der Waals surface area (Å²) in [7, 11) is 6.00. The minimum atomic E-state index is -0.538. The Kier molecular flexibility index (Phi) is 7.37. The van der Waals surface area contributed by atoms with Crippen molar-refractivity contribution in [1.29, 1.82) is 0 Å². The van der Waals surface area contributed by atoms with E-state index in [1.54, 1.807) is 41.8 Å². The number of esters is 1. The van der Waals surface area contributed by atoms with Gasteiger partial charge in [0.2, 0.25) is 0 Å². The van der Waals surface area contributed by atoms with Crippen LogP contribution < -0.4 is 23.7 Å². The normalized spacial score (nSPS) is 11.3. The number of fused-ring (bicyclic) bond motifs is 1. The first-order valence-corrected chi connectivity index (χ1v) is 10.5. The molecule has 0 atom stereocenters. The van der Waals surface area contributed by atoms with Crippen molar-refractivity contribution < 1.29 is 33.3 Å². The maximum atomic E-state index is 13.1. The number of hydrogen-bond donors (Lipinski definition) is 0. The lowest BCUT2D eigenvalue weighted by atomic mass is 10.2. The number of aromatic nitrogens is 1. The van der Waals surface area contributed by atoms with Gasteiger partial charge in [0.15, 0.2) is 27.8 Å². The first-order valence-electron chi connectivity index (χ1n) is 9.68. The van der Waals surface area contributed by atoms with Crippen LogP contribution in [0.3, 0.4) is 0 Å². The molecule has 0 aliphatic heterocycles. The predicted molar refractivity (Wildman–Crippen MR) is 119 cm³/mol. The Morgan fingerprint density at radius 1 is 0.969 bits per heavy atom. The molecule has 170 valence electrons. The molecule has 0 bridgehead atoms. The highest BCUT2D eigenvalue weighted by Crippen LogP contribution is 2.34. The summed E-state index contributed by atoms with van der Waals surface area (Å²) in [5, 5.41) is 0. The Labute approximate surface area is 188 Å². The van der Waals surface area contributed by atoms with Gasteiger partial charge in [-0.15, -0.1) is 0 Å². The van der Waals surface area contributed by atoms with Crippen LogP contribution in [0.4, 0.5) is 0 Å². The number of carbonyl (C=O) groups is 2. The second-order valence-electron chi connectivity index (χ2n) is 6.41. The number of carbonyl (C=O) groups excluding carboxylic acids is 2. The topological polar surface area (TPSA) is 97.6 Å².